The van der Waals surface area contributed by atoms with Crippen molar-refractivity contribution in [3.8, 4) is 0 Å². The number of aryl methyl sites for hydroxylation is 1. The number of aromatic amines is 1. The molecule has 0 saturated heterocycles. The molecule has 0 saturated carbocycles. The summed E-state index contributed by atoms with van der Waals surface area (Å²) in [6, 6.07) is 13.4. The number of nitrogens with one attached hydrogen (secondary N) is 2. The maximum absolute atomic E-state index is 12.1. The fourth-order valence-corrected chi connectivity index (χ4v) is 2.66. The second-order valence-corrected chi connectivity index (χ2v) is 5.81. The number of aromatic nitrogens is 1. The van der Waals surface area contributed by atoms with Gasteiger partial charge in [-0.3, -0.25) is 4.79 Å². The quantitative estimate of drug-likeness (QED) is 0.748. The zero-order valence-electron chi connectivity index (χ0n) is 12.3. The molecular formula is C18H17ClN2O. The highest BCUT2D eigenvalue weighted by molar-refractivity contribution is 6.31. The minimum Gasteiger partial charge on any atom is -0.361 e. The molecule has 3 aromatic rings. The zero-order valence-corrected chi connectivity index (χ0v) is 13.1. The number of carbonyl (C=O) groups is 1. The van der Waals surface area contributed by atoms with Crippen molar-refractivity contribution >= 4 is 28.4 Å². The van der Waals surface area contributed by atoms with Crippen molar-refractivity contribution in [1.82, 2.24) is 10.3 Å². The first-order chi connectivity index (χ1) is 10.6. The number of halogens is 1. The Bertz CT molecular complexity index is 806. The number of benzene rings is 2. The van der Waals surface area contributed by atoms with E-state index in [4.69, 9.17) is 11.6 Å². The Labute approximate surface area is 134 Å². The van der Waals surface area contributed by atoms with Crippen LogP contribution in [0.3, 0.4) is 0 Å². The van der Waals surface area contributed by atoms with Crippen LogP contribution in [0.25, 0.3) is 10.9 Å². The molecule has 0 atom stereocenters. The van der Waals surface area contributed by atoms with Gasteiger partial charge in [-0.2, -0.15) is 0 Å². The topological polar surface area (TPSA) is 44.9 Å². The Hall–Kier alpha value is -2.26. The van der Waals surface area contributed by atoms with Gasteiger partial charge in [0, 0.05) is 34.2 Å². The summed E-state index contributed by atoms with van der Waals surface area (Å²) < 4.78 is 0. The summed E-state index contributed by atoms with van der Waals surface area (Å²) in [5.41, 5.74) is 4.04. The largest absolute Gasteiger partial charge is 0.361 e. The summed E-state index contributed by atoms with van der Waals surface area (Å²) in [5, 5.41) is 4.82. The first kappa shape index (κ1) is 14.7. The van der Waals surface area contributed by atoms with Gasteiger partial charge in [0.05, 0.1) is 0 Å². The van der Waals surface area contributed by atoms with Crippen molar-refractivity contribution in [2.75, 3.05) is 6.54 Å². The van der Waals surface area contributed by atoms with Gasteiger partial charge in [0.25, 0.3) is 5.91 Å². The molecule has 1 amide bonds. The normalized spacial score (nSPS) is 10.8. The number of hydrogen-bond acceptors (Lipinski definition) is 1. The third-order valence-corrected chi connectivity index (χ3v) is 3.96. The molecule has 3 rings (SSSR count). The van der Waals surface area contributed by atoms with E-state index in [1.807, 2.05) is 55.6 Å². The van der Waals surface area contributed by atoms with Crippen LogP contribution in [0.15, 0.2) is 48.7 Å². The standard InChI is InChI=1S/C18H17ClN2O/c1-12-2-4-13(5-3-12)18(22)20-9-8-14-11-21-17-10-15(19)6-7-16(14)17/h2-7,10-11,21H,8-9H2,1H3,(H,20,22). The highest BCUT2D eigenvalue weighted by Gasteiger charge is 2.07. The fraction of sp³-hybridized carbons (Fsp3) is 0.167. The highest BCUT2D eigenvalue weighted by Crippen LogP contribution is 2.22. The number of rotatable bonds is 4. The van der Waals surface area contributed by atoms with Crippen LogP contribution in [0.2, 0.25) is 5.02 Å². The average molecular weight is 313 g/mol. The predicted molar refractivity (Wildman–Crippen MR) is 90.5 cm³/mol. The highest BCUT2D eigenvalue weighted by atomic mass is 35.5. The first-order valence-electron chi connectivity index (χ1n) is 7.24. The monoisotopic (exact) mass is 312 g/mol. The van der Waals surface area contributed by atoms with Crippen LogP contribution in [-0.4, -0.2) is 17.4 Å². The van der Waals surface area contributed by atoms with Gasteiger partial charge in [-0.25, -0.2) is 0 Å². The van der Waals surface area contributed by atoms with Gasteiger partial charge in [-0.05, 0) is 43.2 Å². The average Bonchev–Trinajstić information content (AvgIpc) is 2.90. The van der Waals surface area contributed by atoms with Crippen molar-refractivity contribution in [2.24, 2.45) is 0 Å². The molecule has 0 aliphatic rings. The maximum atomic E-state index is 12.1. The molecule has 2 aromatic carbocycles. The summed E-state index contributed by atoms with van der Waals surface area (Å²) in [6.45, 7) is 2.60. The van der Waals surface area contributed by atoms with Gasteiger partial charge in [-0.1, -0.05) is 35.4 Å². The van der Waals surface area contributed by atoms with E-state index < -0.39 is 0 Å². The third kappa shape index (κ3) is 3.15. The molecular weight excluding hydrogens is 296 g/mol. The number of carbonyl (C=O) groups excluding carboxylic acids is 1. The lowest BCUT2D eigenvalue weighted by molar-refractivity contribution is 0.0954. The van der Waals surface area contributed by atoms with E-state index in [-0.39, 0.29) is 5.91 Å². The van der Waals surface area contributed by atoms with Crippen LogP contribution in [-0.2, 0) is 6.42 Å². The fourth-order valence-electron chi connectivity index (χ4n) is 2.48. The van der Waals surface area contributed by atoms with E-state index in [1.165, 1.54) is 5.56 Å². The molecule has 3 nitrogen and oxygen atoms in total. The van der Waals surface area contributed by atoms with E-state index >= 15 is 0 Å². The molecule has 4 heteroatoms. The lowest BCUT2D eigenvalue weighted by atomic mass is 10.1. The Morgan fingerprint density at radius 2 is 1.95 bits per heavy atom. The van der Waals surface area contributed by atoms with Crippen molar-refractivity contribution in [2.45, 2.75) is 13.3 Å². The maximum Gasteiger partial charge on any atom is 0.251 e. The summed E-state index contributed by atoms with van der Waals surface area (Å²) >= 11 is 5.98. The summed E-state index contributed by atoms with van der Waals surface area (Å²) in [6.07, 6.45) is 2.75. The number of H-pyrrole nitrogens is 1. The van der Waals surface area contributed by atoms with Crippen molar-refractivity contribution in [3.63, 3.8) is 0 Å². The molecule has 0 spiro atoms. The molecule has 0 aliphatic heterocycles. The molecule has 22 heavy (non-hydrogen) atoms. The second-order valence-electron chi connectivity index (χ2n) is 5.38. The summed E-state index contributed by atoms with van der Waals surface area (Å²) in [4.78, 5) is 15.3. The lowest BCUT2D eigenvalue weighted by Gasteiger charge is -2.05. The minimum atomic E-state index is -0.0390. The summed E-state index contributed by atoms with van der Waals surface area (Å²) in [7, 11) is 0. The molecule has 0 radical (unpaired) electrons. The second kappa shape index (κ2) is 6.24. The Morgan fingerprint density at radius 3 is 2.73 bits per heavy atom. The Balaban J connectivity index is 1.62. The molecule has 1 aromatic heterocycles. The van der Waals surface area contributed by atoms with Crippen LogP contribution in [0.1, 0.15) is 21.5 Å². The lowest BCUT2D eigenvalue weighted by Crippen LogP contribution is -2.25. The van der Waals surface area contributed by atoms with Crippen LogP contribution < -0.4 is 5.32 Å². The predicted octanol–water partition coefficient (Wildman–Crippen LogP) is 4.10. The third-order valence-electron chi connectivity index (χ3n) is 3.72. The zero-order chi connectivity index (χ0) is 15.5. The molecule has 2 N–H and O–H groups in total. The number of hydrogen-bond donors (Lipinski definition) is 2. The molecule has 0 aliphatic carbocycles. The molecule has 0 fully saturated rings. The molecule has 112 valence electrons. The van der Waals surface area contributed by atoms with Crippen molar-refractivity contribution < 1.29 is 4.79 Å². The molecule has 1 heterocycles. The smallest absolute Gasteiger partial charge is 0.251 e. The van der Waals surface area contributed by atoms with Gasteiger partial charge in [-0.15, -0.1) is 0 Å². The summed E-state index contributed by atoms with van der Waals surface area (Å²) in [5.74, 6) is -0.0390. The van der Waals surface area contributed by atoms with E-state index in [2.05, 4.69) is 10.3 Å². The van der Waals surface area contributed by atoms with Crippen molar-refractivity contribution in [1.29, 1.82) is 0 Å². The van der Waals surface area contributed by atoms with E-state index in [0.29, 0.717) is 17.1 Å². The first-order valence-corrected chi connectivity index (χ1v) is 7.61. The van der Waals surface area contributed by atoms with Gasteiger partial charge >= 0.3 is 0 Å². The van der Waals surface area contributed by atoms with Gasteiger partial charge in [0.15, 0.2) is 0 Å². The SMILES string of the molecule is Cc1ccc(C(=O)NCCc2c[nH]c3cc(Cl)ccc23)cc1. The Morgan fingerprint density at radius 1 is 1.18 bits per heavy atom. The van der Waals surface area contributed by atoms with Gasteiger partial charge in [0.2, 0.25) is 0 Å². The van der Waals surface area contributed by atoms with Gasteiger partial charge < -0.3 is 10.3 Å². The molecule has 0 unspecified atom stereocenters. The van der Waals surface area contributed by atoms with Crippen LogP contribution in [0, 0.1) is 6.92 Å². The minimum absolute atomic E-state index is 0.0390. The Kier molecular flexibility index (Phi) is 4.16. The number of amides is 1. The number of fused-ring (bicyclic) bond motifs is 1. The van der Waals surface area contributed by atoms with Crippen molar-refractivity contribution in [3.05, 3.63) is 70.4 Å². The van der Waals surface area contributed by atoms with Gasteiger partial charge in [0.1, 0.15) is 0 Å². The van der Waals surface area contributed by atoms with E-state index in [9.17, 15) is 4.79 Å². The van der Waals surface area contributed by atoms with Crippen LogP contribution >= 0.6 is 11.6 Å². The van der Waals surface area contributed by atoms with E-state index in [0.717, 1.165) is 22.9 Å². The van der Waals surface area contributed by atoms with E-state index in [1.54, 1.807) is 0 Å². The molecule has 0 bridgehead atoms. The van der Waals surface area contributed by atoms with Crippen LogP contribution in [0.5, 0.6) is 0 Å². The van der Waals surface area contributed by atoms with Crippen LogP contribution in [0.4, 0.5) is 0 Å².